The molecule has 0 aliphatic carbocycles. The first-order chi connectivity index (χ1) is 8.35. The lowest BCUT2D eigenvalue weighted by molar-refractivity contribution is -0.127. The molecule has 0 atom stereocenters. The van der Waals surface area contributed by atoms with E-state index in [1.54, 1.807) is 0 Å². The van der Waals surface area contributed by atoms with Gasteiger partial charge in [0.25, 0.3) is 0 Å². The van der Waals surface area contributed by atoms with Crippen molar-refractivity contribution in [3.8, 4) is 0 Å². The van der Waals surface area contributed by atoms with Crippen molar-refractivity contribution in [1.82, 2.24) is 5.32 Å². The van der Waals surface area contributed by atoms with Gasteiger partial charge in [0.15, 0.2) is 0 Å². The van der Waals surface area contributed by atoms with Crippen molar-refractivity contribution in [2.75, 3.05) is 11.8 Å². The Bertz CT molecular complexity index is 400. The summed E-state index contributed by atoms with van der Waals surface area (Å²) < 4.78 is 0. The molecule has 0 saturated heterocycles. The molecule has 1 rings (SSSR count). The summed E-state index contributed by atoms with van der Waals surface area (Å²) in [6, 6.07) is 9.66. The molecule has 100 valence electrons. The number of amides is 1. The second-order valence-electron chi connectivity index (χ2n) is 5.27. The monoisotopic (exact) mass is 287 g/mol. The first-order valence-corrected chi connectivity index (χ1v) is 6.93. The predicted molar refractivity (Wildman–Crippen MR) is 77.5 cm³/mol. The summed E-state index contributed by atoms with van der Waals surface area (Å²) in [5.74, 6) is 0.498. The highest BCUT2D eigenvalue weighted by Crippen LogP contribution is 2.24. The van der Waals surface area contributed by atoms with Crippen LogP contribution in [0.3, 0.4) is 0 Å². The number of hydrogen-bond acceptors (Lipinski definition) is 1. The van der Waals surface area contributed by atoms with Gasteiger partial charge in [-0.15, -0.1) is 23.2 Å². The van der Waals surface area contributed by atoms with E-state index in [4.69, 9.17) is 23.2 Å². The SMILES string of the molecule is CC(CCl)(CCl)NC(=O)C(C)(C)c1ccccc1. The average molecular weight is 288 g/mol. The van der Waals surface area contributed by atoms with Gasteiger partial charge in [0.05, 0.1) is 11.0 Å². The zero-order chi connectivity index (χ0) is 13.8. The number of alkyl halides is 2. The molecule has 0 aliphatic rings. The largest absolute Gasteiger partial charge is 0.348 e. The molecule has 0 unspecified atom stereocenters. The van der Waals surface area contributed by atoms with Crippen molar-refractivity contribution in [2.45, 2.75) is 31.7 Å². The number of hydrogen-bond donors (Lipinski definition) is 1. The van der Waals surface area contributed by atoms with Gasteiger partial charge in [0, 0.05) is 11.8 Å². The maximum Gasteiger partial charge on any atom is 0.230 e. The minimum absolute atomic E-state index is 0.0718. The van der Waals surface area contributed by atoms with E-state index in [1.165, 1.54) is 0 Å². The van der Waals surface area contributed by atoms with Crippen molar-refractivity contribution in [2.24, 2.45) is 0 Å². The lowest BCUT2D eigenvalue weighted by Crippen LogP contribution is -2.54. The third kappa shape index (κ3) is 3.39. The van der Waals surface area contributed by atoms with Gasteiger partial charge in [0.2, 0.25) is 5.91 Å². The van der Waals surface area contributed by atoms with Crippen molar-refractivity contribution in [1.29, 1.82) is 0 Å². The molecule has 18 heavy (non-hydrogen) atoms. The summed E-state index contributed by atoms with van der Waals surface area (Å²) >= 11 is 11.7. The molecule has 0 radical (unpaired) electrons. The van der Waals surface area contributed by atoms with E-state index in [0.717, 1.165) is 5.56 Å². The van der Waals surface area contributed by atoms with Gasteiger partial charge in [-0.1, -0.05) is 30.3 Å². The Morgan fingerprint density at radius 2 is 1.61 bits per heavy atom. The van der Waals surface area contributed by atoms with E-state index < -0.39 is 11.0 Å². The summed E-state index contributed by atoms with van der Waals surface area (Å²) in [6.45, 7) is 5.62. The van der Waals surface area contributed by atoms with Crippen LogP contribution in [0.5, 0.6) is 0 Å². The van der Waals surface area contributed by atoms with E-state index >= 15 is 0 Å². The zero-order valence-electron chi connectivity index (χ0n) is 11.0. The number of nitrogens with one attached hydrogen (secondary N) is 1. The quantitative estimate of drug-likeness (QED) is 0.827. The third-order valence-corrected chi connectivity index (χ3v) is 4.25. The molecule has 1 N–H and O–H groups in total. The molecular weight excluding hydrogens is 269 g/mol. The van der Waals surface area contributed by atoms with Crippen LogP contribution in [0.4, 0.5) is 0 Å². The van der Waals surface area contributed by atoms with Crippen molar-refractivity contribution in [3.05, 3.63) is 35.9 Å². The number of carbonyl (C=O) groups excluding carboxylic acids is 1. The highest BCUT2D eigenvalue weighted by atomic mass is 35.5. The maximum absolute atomic E-state index is 12.4. The molecule has 1 aromatic rings. The fourth-order valence-corrected chi connectivity index (χ4v) is 1.94. The molecule has 0 fully saturated rings. The standard InChI is InChI=1S/C14H19Cl2NO/c1-13(2,11-7-5-4-6-8-11)12(18)17-14(3,9-15)10-16/h4-8H,9-10H2,1-3H3,(H,17,18). The molecule has 1 amide bonds. The minimum Gasteiger partial charge on any atom is -0.348 e. The molecule has 0 saturated carbocycles. The number of halogens is 2. The number of benzene rings is 1. The predicted octanol–water partition coefficient (Wildman–Crippen LogP) is 3.32. The highest BCUT2D eigenvalue weighted by Gasteiger charge is 2.34. The molecule has 1 aromatic carbocycles. The Hall–Kier alpha value is -0.730. The van der Waals surface area contributed by atoms with Crippen LogP contribution in [0.15, 0.2) is 30.3 Å². The normalized spacial score (nSPS) is 12.3. The topological polar surface area (TPSA) is 29.1 Å². The van der Waals surface area contributed by atoms with Crippen molar-refractivity contribution < 1.29 is 4.79 Å². The van der Waals surface area contributed by atoms with Crippen LogP contribution < -0.4 is 5.32 Å². The van der Waals surface area contributed by atoms with Crippen LogP contribution >= 0.6 is 23.2 Å². The maximum atomic E-state index is 12.4. The van der Waals surface area contributed by atoms with Gasteiger partial charge in [-0.2, -0.15) is 0 Å². The molecule has 0 aliphatic heterocycles. The number of rotatable bonds is 5. The molecular formula is C14H19Cl2NO. The summed E-state index contributed by atoms with van der Waals surface area (Å²) in [5.41, 5.74) is -0.221. The van der Waals surface area contributed by atoms with Crippen LogP contribution in [-0.2, 0) is 10.2 Å². The average Bonchev–Trinajstić information content (AvgIpc) is 2.39. The highest BCUT2D eigenvalue weighted by molar-refractivity contribution is 6.22. The summed E-state index contributed by atoms with van der Waals surface area (Å²) in [5, 5.41) is 2.93. The van der Waals surface area contributed by atoms with Gasteiger partial charge in [-0.25, -0.2) is 0 Å². The van der Waals surface area contributed by atoms with Gasteiger partial charge in [-0.3, -0.25) is 4.79 Å². The van der Waals surface area contributed by atoms with E-state index in [1.807, 2.05) is 51.1 Å². The molecule has 4 heteroatoms. The fourth-order valence-electron chi connectivity index (χ4n) is 1.52. The molecule has 0 aromatic heterocycles. The Labute approximate surface area is 119 Å². The Morgan fingerprint density at radius 3 is 2.06 bits per heavy atom. The van der Waals surface area contributed by atoms with Crippen LogP contribution in [0.25, 0.3) is 0 Å². The van der Waals surface area contributed by atoms with Gasteiger partial charge in [0.1, 0.15) is 0 Å². The van der Waals surface area contributed by atoms with E-state index in [2.05, 4.69) is 5.32 Å². The first kappa shape index (κ1) is 15.3. The molecule has 0 spiro atoms. The Morgan fingerprint density at radius 1 is 1.11 bits per heavy atom. The van der Waals surface area contributed by atoms with E-state index in [-0.39, 0.29) is 17.7 Å². The summed E-state index contributed by atoms with van der Waals surface area (Å²) in [4.78, 5) is 12.4. The molecule has 0 bridgehead atoms. The van der Waals surface area contributed by atoms with E-state index in [9.17, 15) is 4.79 Å². The Balaban J connectivity index is 2.90. The van der Waals surface area contributed by atoms with Gasteiger partial charge >= 0.3 is 0 Å². The van der Waals surface area contributed by atoms with Crippen LogP contribution in [0, 0.1) is 0 Å². The second kappa shape index (κ2) is 5.94. The minimum atomic E-state index is -0.610. The van der Waals surface area contributed by atoms with E-state index in [0.29, 0.717) is 0 Å². The lowest BCUT2D eigenvalue weighted by atomic mass is 9.83. The molecule has 0 heterocycles. The van der Waals surface area contributed by atoms with Crippen molar-refractivity contribution >= 4 is 29.1 Å². The fraction of sp³-hybridized carbons (Fsp3) is 0.500. The van der Waals surface area contributed by atoms with Crippen LogP contribution in [0.1, 0.15) is 26.3 Å². The smallest absolute Gasteiger partial charge is 0.230 e. The van der Waals surface area contributed by atoms with Crippen molar-refractivity contribution in [3.63, 3.8) is 0 Å². The zero-order valence-corrected chi connectivity index (χ0v) is 12.5. The lowest BCUT2D eigenvalue weighted by Gasteiger charge is -2.32. The number of carbonyl (C=O) groups is 1. The third-order valence-electron chi connectivity index (χ3n) is 3.07. The second-order valence-corrected chi connectivity index (χ2v) is 5.81. The Kier molecular flexibility index (Phi) is 5.06. The first-order valence-electron chi connectivity index (χ1n) is 5.86. The van der Waals surface area contributed by atoms with Crippen LogP contribution in [0.2, 0.25) is 0 Å². The van der Waals surface area contributed by atoms with Gasteiger partial charge < -0.3 is 5.32 Å². The summed E-state index contributed by atoms with van der Waals surface area (Å²) in [6.07, 6.45) is 0. The van der Waals surface area contributed by atoms with Crippen LogP contribution in [-0.4, -0.2) is 23.2 Å². The molecule has 2 nitrogen and oxygen atoms in total. The van der Waals surface area contributed by atoms with Gasteiger partial charge in [-0.05, 0) is 26.3 Å². The summed E-state index contributed by atoms with van der Waals surface area (Å²) in [7, 11) is 0.